The Bertz CT molecular complexity index is 1390. The summed E-state index contributed by atoms with van der Waals surface area (Å²) in [5, 5.41) is 7.20. The predicted octanol–water partition coefficient (Wildman–Crippen LogP) is 4.92. The van der Waals surface area contributed by atoms with Crippen LogP contribution in [0.15, 0.2) is 77.6 Å². The second kappa shape index (κ2) is 10.3. The van der Waals surface area contributed by atoms with Crippen LogP contribution in [0, 0.1) is 0 Å². The summed E-state index contributed by atoms with van der Waals surface area (Å²) < 4.78 is 12.3. The van der Waals surface area contributed by atoms with Crippen LogP contribution in [0.25, 0.3) is 10.9 Å². The van der Waals surface area contributed by atoms with E-state index in [1.807, 2.05) is 30.3 Å². The number of rotatable bonds is 8. The molecule has 0 fully saturated rings. The summed E-state index contributed by atoms with van der Waals surface area (Å²) in [5.41, 5.74) is 2.15. The summed E-state index contributed by atoms with van der Waals surface area (Å²) in [7, 11) is 3.07. The number of hydrogen-bond acceptors (Lipinski definition) is 5. The number of nitrogens with one attached hydrogen (secondary N) is 2. The van der Waals surface area contributed by atoms with E-state index in [0.717, 1.165) is 11.1 Å². The first kappa shape index (κ1) is 23.2. The Morgan fingerprint density at radius 2 is 1.62 bits per heavy atom. The number of fused-ring (bicyclic) bond motifs is 1. The number of pyridine rings is 1. The van der Waals surface area contributed by atoms with Crippen molar-refractivity contribution in [3.63, 3.8) is 0 Å². The lowest BCUT2D eigenvalue weighted by molar-refractivity contribution is -0.116. The van der Waals surface area contributed by atoms with Crippen molar-refractivity contribution in [2.24, 2.45) is 0 Å². The highest BCUT2D eigenvalue weighted by molar-refractivity contribution is 6.33. The Kier molecular flexibility index (Phi) is 7.04. The molecule has 0 saturated carbocycles. The first-order valence-corrected chi connectivity index (χ1v) is 11.0. The van der Waals surface area contributed by atoms with Crippen LogP contribution >= 0.6 is 11.6 Å². The Labute approximate surface area is 201 Å². The number of methoxy groups -OCH3 is 2. The van der Waals surface area contributed by atoms with E-state index in [0.29, 0.717) is 39.8 Å². The SMILES string of the molecule is COc1cc2cc(CNc3ccccc3)c(=O)n(CC(=O)Nc3ccccc3Cl)c2cc1OC. The fraction of sp³-hybridized carbons (Fsp3) is 0.154. The van der Waals surface area contributed by atoms with Gasteiger partial charge in [0.2, 0.25) is 5.91 Å². The van der Waals surface area contributed by atoms with Crippen molar-refractivity contribution in [3.8, 4) is 11.5 Å². The molecule has 8 heteroatoms. The third-order valence-corrected chi connectivity index (χ3v) is 5.71. The monoisotopic (exact) mass is 477 g/mol. The van der Waals surface area contributed by atoms with Crippen molar-refractivity contribution in [1.82, 2.24) is 4.57 Å². The van der Waals surface area contributed by atoms with Gasteiger partial charge in [-0.25, -0.2) is 0 Å². The number of aromatic nitrogens is 1. The van der Waals surface area contributed by atoms with E-state index in [4.69, 9.17) is 21.1 Å². The number of amides is 1. The zero-order valence-corrected chi connectivity index (χ0v) is 19.6. The summed E-state index contributed by atoms with van der Waals surface area (Å²) in [6.45, 7) is 0.0917. The van der Waals surface area contributed by atoms with Crippen molar-refractivity contribution in [1.29, 1.82) is 0 Å². The minimum atomic E-state index is -0.376. The van der Waals surface area contributed by atoms with Crippen LogP contribution in [0.3, 0.4) is 0 Å². The first-order valence-electron chi connectivity index (χ1n) is 10.6. The molecule has 0 atom stereocenters. The number of para-hydroxylation sites is 2. The molecule has 7 nitrogen and oxygen atoms in total. The minimum Gasteiger partial charge on any atom is -0.493 e. The summed E-state index contributed by atoms with van der Waals surface area (Å²) >= 11 is 6.17. The van der Waals surface area contributed by atoms with Gasteiger partial charge >= 0.3 is 0 Å². The van der Waals surface area contributed by atoms with Crippen molar-refractivity contribution in [3.05, 3.63) is 93.7 Å². The molecule has 4 aromatic rings. The van der Waals surface area contributed by atoms with E-state index >= 15 is 0 Å². The molecule has 0 unspecified atom stereocenters. The standard InChI is InChI=1S/C26H24ClN3O4/c1-33-23-13-17-12-18(15-28-19-8-4-3-5-9-19)26(32)30(22(17)14-24(23)34-2)16-25(31)29-21-11-7-6-10-20(21)27/h3-14,28H,15-16H2,1-2H3,(H,29,31). The molecular formula is C26H24ClN3O4. The average molecular weight is 478 g/mol. The van der Waals surface area contributed by atoms with Gasteiger partial charge in [0.25, 0.3) is 5.56 Å². The molecule has 0 bridgehead atoms. The number of halogens is 1. The third kappa shape index (κ3) is 5.00. The second-order valence-electron chi connectivity index (χ2n) is 7.57. The van der Waals surface area contributed by atoms with Gasteiger partial charge in [-0.1, -0.05) is 41.9 Å². The smallest absolute Gasteiger partial charge is 0.256 e. The van der Waals surface area contributed by atoms with E-state index < -0.39 is 0 Å². The number of benzene rings is 3. The highest BCUT2D eigenvalue weighted by Crippen LogP contribution is 2.32. The molecule has 2 N–H and O–H groups in total. The molecule has 1 amide bonds. The average Bonchev–Trinajstić information content (AvgIpc) is 2.86. The molecule has 3 aromatic carbocycles. The molecule has 0 aliphatic carbocycles. The summed E-state index contributed by atoms with van der Waals surface area (Å²) in [4.78, 5) is 26.4. The fourth-order valence-electron chi connectivity index (χ4n) is 3.70. The van der Waals surface area contributed by atoms with Crippen LogP contribution in [0.1, 0.15) is 5.56 Å². The Balaban J connectivity index is 1.75. The zero-order chi connectivity index (χ0) is 24.1. The van der Waals surface area contributed by atoms with Gasteiger partial charge < -0.3 is 20.1 Å². The summed E-state index contributed by atoms with van der Waals surface area (Å²) in [5.74, 6) is 0.618. The van der Waals surface area contributed by atoms with Crippen LogP contribution in [0.4, 0.5) is 11.4 Å². The molecule has 0 radical (unpaired) electrons. The lowest BCUT2D eigenvalue weighted by Gasteiger charge is -2.16. The van der Waals surface area contributed by atoms with Gasteiger partial charge in [-0.05, 0) is 36.4 Å². The topological polar surface area (TPSA) is 81.6 Å². The Morgan fingerprint density at radius 1 is 0.941 bits per heavy atom. The summed E-state index contributed by atoms with van der Waals surface area (Å²) in [6, 6.07) is 21.8. The second-order valence-corrected chi connectivity index (χ2v) is 7.98. The molecule has 4 rings (SSSR count). The number of anilines is 2. The van der Waals surface area contributed by atoms with E-state index in [2.05, 4.69) is 10.6 Å². The minimum absolute atomic E-state index is 0.199. The van der Waals surface area contributed by atoms with Gasteiger partial charge in [0, 0.05) is 29.2 Å². The normalized spacial score (nSPS) is 10.7. The van der Waals surface area contributed by atoms with Gasteiger partial charge in [0.15, 0.2) is 11.5 Å². The predicted molar refractivity (Wildman–Crippen MR) is 135 cm³/mol. The maximum absolute atomic E-state index is 13.5. The van der Waals surface area contributed by atoms with Crippen molar-refractivity contribution >= 4 is 39.8 Å². The molecule has 34 heavy (non-hydrogen) atoms. The first-order chi connectivity index (χ1) is 16.5. The molecular weight excluding hydrogens is 454 g/mol. The summed E-state index contributed by atoms with van der Waals surface area (Å²) in [6.07, 6.45) is 0. The van der Waals surface area contributed by atoms with Gasteiger partial charge in [0.1, 0.15) is 6.54 Å². The van der Waals surface area contributed by atoms with Crippen molar-refractivity contribution in [2.75, 3.05) is 24.9 Å². The van der Waals surface area contributed by atoms with Crippen LogP contribution < -0.4 is 25.7 Å². The molecule has 0 aliphatic heterocycles. The maximum Gasteiger partial charge on any atom is 0.256 e. The molecule has 0 aliphatic rings. The highest BCUT2D eigenvalue weighted by Gasteiger charge is 2.16. The molecule has 1 heterocycles. The quantitative estimate of drug-likeness (QED) is 0.376. The zero-order valence-electron chi connectivity index (χ0n) is 18.8. The largest absolute Gasteiger partial charge is 0.493 e. The van der Waals surface area contributed by atoms with Crippen LogP contribution in [-0.2, 0) is 17.9 Å². The maximum atomic E-state index is 13.5. The van der Waals surface area contributed by atoms with Crippen molar-refractivity contribution in [2.45, 2.75) is 13.1 Å². The molecule has 174 valence electrons. The number of ether oxygens (including phenoxy) is 2. The van der Waals surface area contributed by atoms with Gasteiger partial charge in [-0.3, -0.25) is 14.2 Å². The third-order valence-electron chi connectivity index (χ3n) is 5.38. The van der Waals surface area contributed by atoms with Crippen LogP contribution in [0.5, 0.6) is 11.5 Å². The molecule has 1 aromatic heterocycles. The lowest BCUT2D eigenvalue weighted by atomic mass is 10.1. The van der Waals surface area contributed by atoms with Gasteiger partial charge in [-0.2, -0.15) is 0 Å². The number of carbonyl (C=O) groups is 1. The van der Waals surface area contributed by atoms with Crippen LogP contribution in [0.2, 0.25) is 5.02 Å². The van der Waals surface area contributed by atoms with Crippen LogP contribution in [-0.4, -0.2) is 24.7 Å². The molecule has 0 saturated heterocycles. The number of hydrogen-bond donors (Lipinski definition) is 2. The Hall–Kier alpha value is -3.97. The molecule has 0 spiro atoms. The Morgan fingerprint density at radius 3 is 2.32 bits per heavy atom. The highest BCUT2D eigenvalue weighted by atomic mass is 35.5. The van der Waals surface area contributed by atoms with Gasteiger partial charge in [-0.15, -0.1) is 0 Å². The number of nitrogens with zero attached hydrogens (tertiary/aromatic N) is 1. The van der Waals surface area contributed by atoms with E-state index in [9.17, 15) is 9.59 Å². The van der Waals surface area contributed by atoms with Gasteiger partial charge in [0.05, 0.1) is 30.4 Å². The van der Waals surface area contributed by atoms with Crippen molar-refractivity contribution < 1.29 is 14.3 Å². The van der Waals surface area contributed by atoms with E-state index in [-0.39, 0.29) is 18.0 Å². The number of carbonyl (C=O) groups excluding carboxylic acids is 1. The van der Waals surface area contributed by atoms with E-state index in [1.165, 1.54) is 11.7 Å². The lowest BCUT2D eigenvalue weighted by Crippen LogP contribution is -2.30. The fourth-order valence-corrected chi connectivity index (χ4v) is 3.88. The van der Waals surface area contributed by atoms with E-state index in [1.54, 1.807) is 49.6 Å².